The fourth-order valence-corrected chi connectivity index (χ4v) is 1.72. The first kappa shape index (κ1) is 14.4. The molecule has 0 amide bonds. The van der Waals surface area contributed by atoms with Crippen molar-refractivity contribution in [2.45, 2.75) is 51.8 Å². The zero-order valence-corrected chi connectivity index (χ0v) is 12.1. The van der Waals surface area contributed by atoms with E-state index in [4.69, 9.17) is 4.74 Å². The molecule has 0 heterocycles. The second-order valence-corrected chi connectivity index (χ2v) is 6.06. The Morgan fingerprint density at radius 3 is 2.68 bits per heavy atom. The van der Waals surface area contributed by atoms with E-state index in [1.807, 2.05) is 39.0 Å². The zero-order valence-electron chi connectivity index (χ0n) is 12.1. The lowest BCUT2D eigenvalue weighted by molar-refractivity contribution is -0.0268. The van der Waals surface area contributed by atoms with Crippen molar-refractivity contribution in [3.63, 3.8) is 0 Å². The first-order valence-electron chi connectivity index (χ1n) is 7.15. The quantitative estimate of drug-likeness (QED) is 0.795. The van der Waals surface area contributed by atoms with Crippen molar-refractivity contribution < 1.29 is 9.84 Å². The SMILES string of the molecule is CC(C)C(C)(O)COc1ccccc1CNC1CC1. The summed E-state index contributed by atoms with van der Waals surface area (Å²) in [6.07, 6.45) is 2.57. The van der Waals surface area contributed by atoms with Crippen LogP contribution >= 0.6 is 0 Å². The molecule has 1 aliphatic carbocycles. The summed E-state index contributed by atoms with van der Waals surface area (Å²) in [7, 11) is 0. The topological polar surface area (TPSA) is 41.5 Å². The maximum Gasteiger partial charge on any atom is 0.123 e. The van der Waals surface area contributed by atoms with Crippen LogP contribution in [0.25, 0.3) is 0 Å². The Bertz CT molecular complexity index is 411. The molecule has 1 unspecified atom stereocenters. The maximum atomic E-state index is 10.2. The number of hydrogen-bond donors (Lipinski definition) is 2. The Labute approximate surface area is 116 Å². The maximum absolute atomic E-state index is 10.2. The van der Waals surface area contributed by atoms with E-state index in [9.17, 15) is 5.11 Å². The Morgan fingerprint density at radius 2 is 2.05 bits per heavy atom. The summed E-state index contributed by atoms with van der Waals surface area (Å²) in [5.74, 6) is 1.04. The summed E-state index contributed by atoms with van der Waals surface area (Å²) in [6, 6.07) is 8.74. The van der Waals surface area contributed by atoms with E-state index in [0.29, 0.717) is 12.6 Å². The zero-order chi connectivity index (χ0) is 13.9. The van der Waals surface area contributed by atoms with Gasteiger partial charge in [0.2, 0.25) is 0 Å². The lowest BCUT2D eigenvalue weighted by atomic mass is 9.94. The number of nitrogens with one attached hydrogen (secondary N) is 1. The average molecular weight is 263 g/mol. The molecule has 0 aliphatic heterocycles. The van der Waals surface area contributed by atoms with Gasteiger partial charge in [0, 0.05) is 18.2 Å². The minimum absolute atomic E-state index is 0.171. The second kappa shape index (κ2) is 5.93. The second-order valence-electron chi connectivity index (χ2n) is 6.06. The van der Waals surface area contributed by atoms with Gasteiger partial charge in [0.15, 0.2) is 0 Å². The fourth-order valence-electron chi connectivity index (χ4n) is 1.72. The highest BCUT2D eigenvalue weighted by atomic mass is 16.5. The van der Waals surface area contributed by atoms with E-state index < -0.39 is 5.60 Å². The van der Waals surface area contributed by atoms with E-state index in [2.05, 4.69) is 11.4 Å². The molecular formula is C16H25NO2. The molecule has 1 aromatic carbocycles. The van der Waals surface area contributed by atoms with Gasteiger partial charge in [0.25, 0.3) is 0 Å². The molecule has 1 atom stereocenters. The highest BCUT2D eigenvalue weighted by molar-refractivity contribution is 5.33. The number of aliphatic hydroxyl groups is 1. The molecule has 1 fully saturated rings. The number of hydrogen-bond acceptors (Lipinski definition) is 3. The summed E-state index contributed by atoms with van der Waals surface area (Å²) >= 11 is 0. The van der Waals surface area contributed by atoms with Gasteiger partial charge in [-0.25, -0.2) is 0 Å². The smallest absolute Gasteiger partial charge is 0.123 e. The predicted molar refractivity (Wildman–Crippen MR) is 77.3 cm³/mol. The Balaban J connectivity index is 1.94. The van der Waals surface area contributed by atoms with E-state index in [1.54, 1.807) is 0 Å². The first-order chi connectivity index (χ1) is 8.99. The van der Waals surface area contributed by atoms with Crippen molar-refractivity contribution in [2.75, 3.05) is 6.61 Å². The minimum Gasteiger partial charge on any atom is -0.490 e. The molecule has 1 aliphatic rings. The molecule has 0 aromatic heterocycles. The van der Waals surface area contributed by atoms with Gasteiger partial charge in [-0.05, 0) is 31.7 Å². The fraction of sp³-hybridized carbons (Fsp3) is 0.625. The summed E-state index contributed by atoms with van der Waals surface area (Å²) in [6.45, 7) is 6.99. The van der Waals surface area contributed by atoms with Crippen molar-refractivity contribution in [3.8, 4) is 5.75 Å². The average Bonchev–Trinajstić information content (AvgIpc) is 3.18. The van der Waals surface area contributed by atoms with Crippen LogP contribution in [0.15, 0.2) is 24.3 Å². The summed E-state index contributed by atoms with van der Waals surface area (Å²) < 4.78 is 5.83. The van der Waals surface area contributed by atoms with E-state index in [1.165, 1.54) is 12.8 Å². The summed E-state index contributed by atoms with van der Waals surface area (Å²) in [5.41, 5.74) is 0.366. The molecule has 0 bridgehead atoms. The van der Waals surface area contributed by atoms with Crippen LogP contribution in [0.2, 0.25) is 0 Å². The predicted octanol–water partition coefficient (Wildman–Crippen LogP) is 2.72. The molecule has 1 aromatic rings. The molecule has 3 nitrogen and oxygen atoms in total. The Morgan fingerprint density at radius 1 is 1.37 bits per heavy atom. The van der Waals surface area contributed by atoms with Crippen molar-refractivity contribution in [2.24, 2.45) is 5.92 Å². The third kappa shape index (κ3) is 4.22. The van der Waals surface area contributed by atoms with Crippen molar-refractivity contribution in [1.29, 1.82) is 0 Å². The summed E-state index contributed by atoms with van der Waals surface area (Å²) in [5, 5.41) is 13.7. The van der Waals surface area contributed by atoms with Crippen LogP contribution in [0, 0.1) is 5.92 Å². The molecule has 19 heavy (non-hydrogen) atoms. The third-order valence-electron chi connectivity index (χ3n) is 3.89. The van der Waals surface area contributed by atoms with E-state index in [0.717, 1.165) is 17.9 Å². The molecule has 1 saturated carbocycles. The molecule has 3 heteroatoms. The third-order valence-corrected chi connectivity index (χ3v) is 3.89. The van der Waals surface area contributed by atoms with Crippen LogP contribution in [-0.2, 0) is 6.54 Å². The van der Waals surface area contributed by atoms with Crippen molar-refractivity contribution >= 4 is 0 Å². The number of para-hydroxylation sites is 1. The highest BCUT2D eigenvalue weighted by Gasteiger charge is 2.26. The van der Waals surface area contributed by atoms with E-state index in [-0.39, 0.29) is 5.92 Å². The van der Waals surface area contributed by atoms with Gasteiger partial charge in [0.1, 0.15) is 12.4 Å². The van der Waals surface area contributed by atoms with Crippen LogP contribution < -0.4 is 10.1 Å². The van der Waals surface area contributed by atoms with Crippen molar-refractivity contribution in [1.82, 2.24) is 5.32 Å². The normalized spacial score (nSPS) is 18.4. The largest absolute Gasteiger partial charge is 0.490 e. The Kier molecular flexibility index (Phi) is 4.48. The molecular weight excluding hydrogens is 238 g/mol. The van der Waals surface area contributed by atoms with Crippen LogP contribution in [0.5, 0.6) is 5.75 Å². The minimum atomic E-state index is -0.795. The van der Waals surface area contributed by atoms with Crippen molar-refractivity contribution in [3.05, 3.63) is 29.8 Å². The highest BCUT2D eigenvalue weighted by Crippen LogP contribution is 2.24. The van der Waals surface area contributed by atoms with Gasteiger partial charge in [-0.15, -0.1) is 0 Å². The van der Waals surface area contributed by atoms with Crippen LogP contribution in [0.4, 0.5) is 0 Å². The van der Waals surface area contributed by atoms with Gasteiger partial charge < -0.3 is 15.2 Å². The molecule has 0 radical (unpaired) electrons. The molecule has 0 saturated heterocycles. The number of benzene rings is 1. The van der Waals surface area contributed by atoms with Crippen LogP contribution in [0.1, 0.15) is 39.2 Å². The Hall–Kier alpha value is -1.06. The van der Waals surface area contributed by atoms with Crippen LogP contribution in [0.3, 0.4) is 0 Å². The van der Waals surface area contributed by atoms with Gasteiger partial charge in [-0.1, -0.05) is 32.0 Å². The van der Waals surface area contributed by atoms with Gasteiger partial charge in [-0.3, -0.25) is 0 Å². The van der Waals surface area contributed by atoms with Crippen LogP contribution in [-0.4, -0.2) is 23.4 Å². The molecule has 2 rings (SSSR count). The number of rotatable bonds is 7. The van der Waals surface area contributed by atoms with E-state index >= 15 is 0 Å². The van der Waals surface area contributed by atoms with Gasteiger partial charge >= 0.3 is 0 Å². The summed E-state index contributed by atoms with van der Waals surface area (Å²) in [4.78, 5) is 0. The lowest BCUT2D eigenvalue weighted by Gasteiger charge is -2.28. The monoisotopic (exact) mass is 263 g/mol. The molecule has 106 valence electrons. The molecule has 2 N–H and O–H groups in total. The first-order valence-corrected chi connectivity index (χ1v) is 7.15. The standard InChI is InChI=1S/C16H25NO2/c1-12(2)16(3,18)11-19-15-7-5-4-6-13(15)10-17-14-8-9-14/h4-7,12,14,17-18H,8-11H2,1-3H3. The van der Waals surface area contributed by atoms with Gasteiger partial charge in [0.05, 0.1) is 5.60 Å². The van der Waals surface area contributed by atoms with Gasteiger partial charge in [-0.2, -0.15) is 0 Å². The number of ether oxygens (including phenoxy) is 1. The molecule has 0 spiro atoms. The lowest BCUT2D eigenvalue weighted by Crippen LogP contribution is -2.38.